The molecule has 44 heavy (non-hydrogen) atoms. The number of carbonyl (C=O) groups is 1. The number of ether oxygens (including phenoxy) is 2. The Labute approximate surface area is 258 Å². The molecule has 5 heterocycles. The van der Waals surface area contributed by atoms with Crippen molar-refractivity contribution < 1.29 is 22.7 Å². The van der Waals surface area contributed by atoms with E-state index in [0.717, 1.165) is 37.8 Å². The van der Waals surface area contributed by atoms with Crippen LogP contribution in [0, 0.1) is 5.92 Å². The smallest absolute Gasteiger partial charge is 0.281 e. The van der Waals surface area contributed by atoms with Gasteiger partial charge in [-0.25, -0.2) is 9.71 Å². The number of amides is 1. The summed E-state index contributed by atoms with van der Waals surface area (Å²) in [4.78, 5) is 29.6. The van der Waals surface area contributed by atoms with E-state index < -0.39 is 15.9 Å². The Kier molecular flexibility index (Phi) is 8.23. The Hall–Kier alpha value is -3.77. The van der Waals surface area contributed by atoms with E-state index in [4.69, 9.17) is 14.5 Å². The minimum absolute atomic E-state index is 0.0329. The van der Waals surface area contributed by atoms with Gasteiger partial charge in [-0.1, -0.05) is 12.1 Å². The van der Waals surface area contributed by atoms with Gasteiger partial charge in [0.1, 0.15) is 17.7 Å². The van der Waals surface area contributed by atoms with Crippen LogP contribution in [-0.2, 0) is 14.8 Å². The summed E-state index contributed by atoms with van der Waals surface area (Å²) in [7, 11) is -4.29. The summed E-state index contributed by atoms with van der Waals surface area (Å²) in [6.45, 7) is 8.96. The minimum atomic E-state index is -4.29. The van der Waals surface area contributed by atoms with Crippen molar-refractivity contribution in [3.8, 4) is 5.88 Å². The summed E-state index contributed by atoms with van der Waals surface area (Å²) >= 11 is 0. The van der Waals surface area contributed by atoms with Crippen LogP contribution in [0.15, 0.2) is 59.8 Å². The molecule has 0 radical (unpaired) electrons. The summed E-state index contributed by atoms with van der Waals surface area (Å²) in [5.74, 6) is 0.731. The molecular formula is C32H40N6O5S. The van der Waals surface area contributed by atoms with Gasteiger partial charge in [-0.2, -0.15) is 13.4 Å². The van der Waals surface area contributed by atoms with E-state index in [1.807, 2.05) is 32.0 Å². The molecule has 234 valence electrons. The molecule has 0 spiro atoms. The van der Waals surface area contributed by atoms with Crippen molar-refractivity contribution in [1.29, 1.82) is 0 Å². The Bertz CT molecular complexity index is 1610. The fraction of sp³-hybridized carbons (Fsp3) is 0.500. The molecule has 3 aromatic rings. The largest absolute Gasteiger partial charge is 0.474 e. The Morgan fingerprint density at radius 3 is 2.57 bits per heavy atom. The third-order valence-corrected chi connectivity index (χ3v) is 9.80. The molecule has 1 saturated heterocycles. The molecule has 2 fully saturated rings. The molecule has 0 unspecified atom stereocenters. The van der Waals surface area contributed by atoms with Gasteiger partial charge in [-0.05, 0) is 83.2 Å². The van der Waals surface area contributed by atoms with Crippen LogP contribution in [0.5, 0.6) is 5.88 Å². The SMILES string of the molecule is CC(C)OC1CC(Oc2ccc3c(n2)N2C[C@@H](CC[C@@H](c4ccccn4)Nc4cccc(n4)S(=O)(=O)NC3=O)CC2(C)C)C1. The van der Waals surface area contributed by atoms with Gasteiger partial charge in [0, 0.05) is 37.2 Å². The van der Waals surface area contributed by atoms with Gasteiger partial charge in [0.2, 0.25) is 5.88 Å². The van der Waals surface area contributed by atoms with E-state index in [0.29, 0.717) is 30.0 Å². The van der Waals surface area contributed by atoms with Crippen LogP contribution < -0.4 is 19.7 Å². The highest BCUT2D eigenvalue weighted by Gasteiger charge is 2.42. The van der Waals surface area contributed by atoms with Gasteiger partial charge >= 0.3 is 0 Å². The number of hydrogen-bond acceptors (Lipinski definition) is 10. The van der Waals surface area contributed by atoms with Gasteiger partial charge in [-0.3, -0.25) is 9.78 Å². The molecule has 1 aliphatic carbocycles. The topological polar surface area (TPSA) is 136 Å². The summed E-state index contributed by atoms with van der Waals surface area (Å²) in [5.41, 5.74) is 0.674. The number of anilines is 2. The minimum Gasteiger partial charge on any atom is -0.474 e. The average Bonchev–Trinajstić information content (AvgIpc) is 3.27. The van der Waals surface area contributed by atoms with E-state index in [1.54, 1.807) is 30.5 Å². The molecule has 3 aromatic heterocycles. The molecule has 1 amide bonds. The number of aromatic nitrogens is 3. The number of sulfonamides is 1. The lowest BCUT2D eigenvalue weighted by Gasteiger charge is -2.37. The fourth-order valence-electron chi connectivity index (χ4n) is 6.44. The summed E-state index contributed by atoms with van der Waals surface area (Å²) in [6, 6.07) is 13.5. The first-order valence-electron chi connectivity index (χ1n) is 15.3. The van der Waals surface area contributed by atoms with Crippen LogP contribution in [0.1, 0.15) is 81.9 Å². The van der Waals surface area contributed by atoms with Crippen LogP contribution >= 0.6 is 0 Å². The summed E-state index contributed by atoms with van der Waals surface area (Å²) in [6.07, 6.45) is 6.08. The van der Waals surface area contributed by atoms with Crippen molar-refractivity contribution in [2.45, 2.75) is 94.7 Å². The zero-order valence-corrected chi connectivity index (χ0v) is 26.4. The average molecular weight is 621 g/mol. The molecule has 3 aliphatic rings. The fourth-order valence-corrected chi connectivity index (χ4v) is 7.38. The first kappa shape index (κ1) is 30.3. The number of fused-ring (bicyclic) bond motifs is 6. The van der Waals surface area contributed by atoms with E-state index >= 15 is 0 Å². The third kappa shape index (κ3) is 6.51. The molecule has 2 atom stereocenters. The predicted molar refractivity (Wildman–Crippen MR) is 166 cm³/mol. The second-order valence-corrected chi connectivity index (χ2v) is 14.5. The van der Waals surface area contributed by atoms with Crippen molar-refractivity contribution >= 4 is 27.6 Å². The lowest BCUT2D eigenvalue weighted by Crippen LogP contribution is -2.42. The summed E-state index contributed by atoms with van der Waals surface area (Å²) < 4.78 is 41.2. The Balaban J connectivity index is 1.35. The van der Waals surface area contributed by atoms with Crippen LogP contribution in [0.3, 0.4) is 0 Å². The first-order chi connectivity index (χ1) is 21.0. The van der Waals surface area contributed by atoms with Crippen molar-refractivity contribution in [2.24, 2.45) is 5.92 Å². The molecule has 0 aromatic carbocycles. The van der Waals surface area contributed by atoms with Gasteiger partial charge < -0.3 is 19.7 Å². The normalized spacial score (nSPS) is 25.9. The molecule has 12 heteroatoms. The molecule has 6 rings (SSSR count). The summed E-state index contributed by atoms with van der Waals surface area (Å²) in [5, 5.41) is 3.14. The highest BCUT2D eigenvalue weighted by molar-refractivity contribution is 7.90. The Morgan fingerprint density at radius 1 is 1.00 bits per heavy atom. The van der Waals surface area contributed by atoms with Crippen LogP contribution in [0.25, 0.3) is 0 Å². The molecule has 2 aliphatic heterocycles. The maximum atomic E-state index is 13.7. The van der Waals surface area contributed by atoms with Gasteiger partial charge in [0.15, 0.2) is 5.03 Å². The van der Waals surface area contributed by atoms with Crippen molar-refractivity contribution in [3.63, 3.8) is 0 Å². The predicted octanol–water partition coefficient (Wildman–Crippen LogP) is 4.88. The number of pyridine rings is 3. The van der Waals surface area contributed by atoms with E-state index in [-0.39, 0.29) is 40.5 Å². The Morgan fingerprint density at radius 2 is 1.82 bits per heavy atom. The van der Waals surface area contributed by atoms with Gasteiger partial charge in [0.25, 0.3) is 15.9 Å². The number of carbonyl (C=O) groups excluding carboxylic acids is 1. The zero-order valence-electron chi connectivity index (χ0n) is 25.6. The standard InChI is InChI=1S/C32H40N6O5S/c1-20(2)42-22-16-23(17-22)43-28-14-12-24-30(36-28)38-19-21(18-32(38,3)4)11-13-26(25-8-5-6-15-33-25)34-27-9-7-10-29(35-27)44(40,41)37-31(24)39/h5-10,12,14-15,20-23,26H,11,13,16-19H2,1-4H3,(H,34,35)(H,37,39)/t21-,22?,23?,26-/m0/s1. The number of nitrogens with one attached hydrogen (secondary N) is 2. The molecule has 2 N–H and O–H groups in total. The second-order valence-electron chi connectivity index (χ2n) is 12.9. The third-order valence-electron chi connectivity index (χ3n) is 8.57. The maximum Gasteiger partial charge on any atom is 0.281 e. The highest BCUT2D eigenvalue weighted by atomic mass is 32.2. The highest BCUT2D eigenvalue weighted by Crippen LogP contribution is 2.41. The van der Waals surface area contributed by atoms with E-state index in [9.17, 15) is 13.2 Å². The van der Waals surface area contributed by atoms with Crippen molar-refractivity contribution in [2.75, 3.05) is 16.8 Å². The lowest BCUT2D eigenvalue weighted by atomic mass is 9.91. The molecule has 1 saturated carbocycles. The first-order valence-corrected chi connectivity index (χ1v) is 16.8. The lowest BCUT2D eigenvalue weighted by molar-refractivity contribution is -0.0859. The van der Waals surface area contributed by atoms with E-state index in [2.05, 4.69) is 38.8 Å². The van der Waals surface area contributed by atoms with Crippen LogP contribution in [0.4, 0.5) is 11.6 Å². The number of nitrogens with zero attached hydrogens (tertiary/aromatic N) is 4. The van der Waals surface area contributed by atoms with Gasteiger partial charge in [-0.15, -0.1) is 0 Å². The second kappa shape index (κ2) is 12.0. The molecule has 11 nitrogen and oxygen atoms in total. The number of hydrogen-bond donors (Lipinski definition) is 2. The van der Waals surface area contributed by atoms with Crippen molar-refractivity contribution in [3.05, 3.63) is 66.0 Å². The van der Waals surface area contributed by atoms with Crippen molar-refractivity contribution in [1.82, 2.24) is 19.7 Å². The molecule has 4 bridgehead atoms. The quantitative estimate of drug-likeness (QED) is 0.406. The maximum absolute atomic E-state index is 13.7. The zero-order chi connectivity index (χ0) is 31.1. The molecular weight excluding hydrogens is 580 g/mol. The van der Waals surface area contributed by atoms with Crippen LogP contribution in [-0.4, -0.2) is 59.7 Å². The monoisotopic (exact) mass is 620 g/mol. The van der Waals surface area contributed by atoms with E-state index in [1.165, 1.54) is 6.07 Å². The van der Waals surface area contributed by atoms with Crippen LogP contribution in [0.2, 0.25) is 0 Å². The number of rotatable bonds is 5. The van der Waals surface area contributed by atoms with Gasteiger partial charge in [0.05, 0.1) is 29.5 Å².